The third-order valence-corrected chi connectivity index (χ3v) is 4.41. The van der Waals surface area contributed by atoms with Gasteiger partial charge in [0.15, 0.2) is 0 Å². The van der Waals surface area contributed by atoms with E-state index in [1.165, 1.54) is 19.3 Å². The lowest BCUT2D eigenvalue weighted by atomic mass is 9.88. The zero-order valence-electron chi connectivity index (χ0n) is 15.6. The molecule has 24 heavy (non-hydrogen) atoms. The van der Waals surface area contributed by atoms with Crippen molar-refractivity contribution in [3.05, 3.63) is 0 Å². The zero-order chi connectivity index (χ0) is 17.6. The molecule has 0 aliphatic carbocycles. The molecular weight excluding hydrogens is 308 g/mol. The summed E-state index contributed by atoms with van der Waals surface area (Å²) in [5.41, 5.74) is -0.755. The number of hydrogen-bond donors (Lipinski definition) is 0. The number of nitrogens with zero attached hydrogens (tertiary/aromatic N) is 2. The first-order valence-electron chi connectivity index (χ1n) is 9.19. The van der Waals surface area contributed by atoms with Crippen LogP contribution in [-0.2, 0) is 14.3 Å². The molecule has 0 aromatic carbocycles. The topological polar surface area (TPSA) is 60.4 Å². The first-order valence-corrected chi connectivity index (χ1v) is 9.19. The van der Waals surface area contributed by atoms with Crippen LogP contribution in [0.4, 0.5) is 4.79 Å². The molecule has 0 aromatic rings. The maximum Gasteiger partial charge on any atom is 0.410 e. The minimum Gasteiger partial charge on any atom is -0.479 e. The number of ether oxygens (including phenoxy) is 2. The van der Waals surface area contributed by atoms with Crippen molar-refractivity contribution in [2.75, 3.05) is 19.7 Å². The molecule has 2 rings (SSSR count). The summed E-state index contributed by atoms with van der Waals surface area (Å²) >= 11 is 0. The average molecular weight is 340 g/mol. The summed E-state index contributed by atoms with van der Waals surface area (Å²) in [6.45, 7) is 9.82. The van der Waals surface area contributed by atoms with Crippen molar-refractivity contribution in [2.45, 2.75) is 83.8 Å². The van der Waals surface area contributed by atoms with Gasteiger partial charge in [0.2, 0.25) is 5.90 Å². The van der Waals surface area contributed by atoms with Crippen molar-refractivity contribution in [2.24, 2.45) is 5.16 Å². The van der Waals surface area contributed by atoms with Crippen molar-refractivity contribution < 1.29 is 19.1 Å². The second-order valence-electron chi connectivity index (χ2n) is 7.81. The van der Waals surface area contributed by atoms with Gasteiger partial charge in [-0.05, 0) is 27.2 Å². The molecule has 2 aliphatic heterocycles. The van der Waals surface area contributed by atoms with E-state index in [4.69, 9.17) is 14.3 Å². The Morgan fingerprint density at radius 2 is 1.96 bits per heavy atom. The van der Waals surface area contributed by atoms with Crippen molar-refractivity contribution >= 4 is 12.0 Å². The van der Waals surface area contributed by atoms with Crippen LogP contribution in [0.3, 0.4) is 0 Å². The zero-order valence-corrected chi connectivity index (χ0v) is 15.6. The molecule has 1 saturated heterocycles. The Kier molecular flexibility index (Phi) is 6.35. The van der Waals surface area contributed by atoms with Gasteiger partial charge in [-0.1, -0.05) is 31.3 Å². The van der Waals surface area contributed by atoms with E-state index in [1.54, 1.807) is 4.90 Å². The van der Waals surface area contributed by atoms with Gasteiger partial charge in [-0.2, -0.15) is 0 Å². The lowest BCUT2D eigenvalue weighted by Crippen LogP contribution is -2.48. The molecule has 0 N–H and O–H groups in total. The Bertz CT molecular complexity index is 448. The summed E-state index contributed by atoms with van der Waals surface area (Å²) in [7, 11) is 0. The lowest BCUT2D eigenvalue weighted by Gasteiger charge is -2.37. The molecule has 0 saturated carbocycles. The van der Waals surface area contributed by atoms with E-state index >= 15 is 0 Å². The van der Waals surface area contributed by atoms with Gasteiger partial charge in [-0.25, -0.2) is 4.79 Å². The maximum absolute atomic E-state index is 12.1. The Balaban J connectivity index is 1.70. The smallest absolute Gasteiger partial charge is 0.410 e. The monoisotopic (exact) mass is 340 g/mol. The Morgan fingerprint density at radius 1 is 1.25 bits per heavy atom. The van der Waals surface area contributed by atoms with Crippen LogP contribution in [0.15, 0.2) is 5.16 Å². The van der Waals surface area contributed by atoms with E-state index in [2.05, 4.69) is 12.1 Å². The predicted octanol–water partition coefficient (Wildman–Crippen LogP) is 4.09. The van der Waals surface area contributed by atoms with Crippen LogP contribution < -0.4 is 0 Å². The van der Waals surface area contributed by atoms with Gasteiger partial charge in [-0.3, -0.25) is 0 Å². The van der Waals surface area contributed by atoms with E-state index in [1.807, 2.05) is 20.8 Å². The Labute approximate surface area is 145 Å². The van der Waals surface area contributed by atoms with Crippen LogP contribution in [0, 0.1) is 0 Å². The number of unbranched alkanes of at least 4 members (excludes halogenated alkanes) is 3. The first kappa shape index (κ1) is 18.9. The van der Waals surface area contributed by atoms with Crippen molar-refractivity contribution in [1.29, 1.82) is 0 Å². The molecule has 1 fully saturated rings. The highest BCUT2D eigenvalue weighted by Crippen LogP contribution is 2.35. The largest absolute Gasteiger partial charge is 0.479 e. The molecule has 138 valence electrons. The minimum atomic E-state index is -0.460. The highest BCUT2D eigenvalue weighted by molar-refractivity contribution is 5.78. The predicted molar refractivity (Wildman–Crippen MR) is 93.0 cm³/mol. The van der Waals surface area contributed by atoms with Crippen molar-refractivity contribution in [1.82, 2.24) is 4.90 Å². The summed E-state index contributed by atoms with van der Waals surface area (Å²) in [4.78, 5) is 19.6. The molecule has 0 atom stereocenters. The first-order chi connectivity index (χ1) is 11.3. The molecule has 0 aromatic heterocycles. The van der Waals surface area contributed by atoms with Crippen LogP contribution in [0.5, 0.6) is 0 Å². The molecular formula is C18H32N2O4. The molecule has 2 aliphatic rings. The fourth-order valence-electron chi connectivity index (χ4n) is 2.98. The number of piperidine rings is 1. The maximum atomic E-state index is 12.1. The molecule has 1 spiro atoms. The van der Waals surface area contributed by atoms with E-state index < -0.39 is 5.60 Å². The van der Waals surface area contributed by atoms with Gasteiger partial charge >= 0.3 is 6.09 Å². The van der Waals surface area contributed by atoms with Crippen LogP contribution in [0.25, 0.3) is 0 Å². The van der Waals surface area contributed by atoms with Gasteiger partial charge in [0.25, 0.3) is 0 Å². The fourth-order valence-corrected chi connectivity index (χ4v) is 2.98. The SMILES string of the molecule is CCCCCCOC1=NOC2(CCN(C(=O)OC(C)(C)C)CC2)C1. The third-order valence-electron chi connectivity index (χ3n) is 4.41. The second kappa shape index (κ2) is 8.08. The highest BCUT2D eigenvalue weighted by atomic mass is 16.7. The van der Waals surface area contributed by atoms with Gasteiger partial charge in [0, 0.05) is 25.9 Å². The molecule has 0 bridgehead atoms. The number of likely N-dealkylation sites (tertiary alicyclic amines) is 1. The standard InChI is InChI=1S/C18H32N2O4/c1-5-6-7-8-13-22-15-14-18(24-19-15)9-11-20(12-10-18)16(21)23-17(2,3)4/h5-14H2,1-4H3. The Hall–Kier alpha value is -1.46. The van der Waals surface area contributed by atoms with Crippen LogP contribution in [0.2, 0.25) is 0 Å². The molecule has 1 amide bonds. The van der Waals surface area contributed by atoms with Gasteiger partial charge < -0.3 is 19.2 Å². The second-order valence-corrected chi connectivity index (χ2v) is 7.81. The van der Waals surface area contributed by atoms with E-state index in [9.17, 15) is 4.79 Å². The summed E-state index contributed by atoms with van der Waals surface area (Å²) in [5.74, 6) is 0.706. The molecule has 0 radical (unpaired) electrons. The van der Waals surface area contributed by atoms with E-state index in [0.717, 1.165) is 19.3 Å². The van der Waals surface area contributed by atoms with Crippen LogP contribution in [0.1, 0.15) is 72.6 Å². The summed E-state index contributed by atoms with van der Waals surface area (Å²) < 4.78 is 11.2. The van der Waals surface area contributed by atoms with E-state index in [-0.39, 0.29) is 11.7 Å². The number of hydrogen-bond acceptors (Lipinski definition) is 5. The van der Waals surface area contributed by atoms with Gasteiger partial charge in [0.1, 0.15) is 11.2 Å². The molecule has 6 nitrogen and oxygen atoms in total. The minimum absolute atomic E-state index is 0.247. The number of carbonyl (C=O) groups excluding carboxylic acids is 1. The normalized spacial score (nSPS) is 19.8. The quantitative estimate of drug-likeness (QED) is 0.707. The van der Waals surface area contributed by atoms with Crippen molar-refractivity contribution in [3.63, 3.8) is 0 Å². The highest BCUT2D eigenvalue weighted by Gasteiger charge is 2.44. The third kappa shape index (κ3) is 5.56. The van der Waals surface area contributed by atoms with E-state index in [0.29, 0.717) is 32.0 Å². The van der Waals surface area contributed by atoms with Crippen LogP contribution >= 0.6 is 0 Å². The summed E-state index contributed by atoms with van der Waals surface area (Å²) in [6.07, 6.45) is 6.72. The number of oxime groups is 1. The number of amides is 1. The average Bonchev–Trinajstić information content (AvgIpc) is 2.89. The van der Waals surface area contributed by atoms with Crippen molar-refractivity contribution in [3.8, 4) is 0 Å². The van der Waals surface area contributed by atoms with Gasteiger partial charge in [0.05, 0.1) is 13.0 Å². The molecule has 6 heteroatoms. The molecule has 0 unspecified atom stereocenters. The number of rotatable bonds is 5. The van der Waals surface area contributed by atoms with Gasteiger partial charge in [-0.15, -0.1) is 0 Å². The number of carbonyl (C=O) groups is 1. The lowest BCUT2D eigenvalue weighted by molar-refractivity contribution is -0.0639. The summed E-state index contributed by atoms with van der Waals surface area (Å²) in [5, 5.41) is 4.12. The Morgan fingerprint density at radius 3 is 2.58 bits per heavy atom. The van der Waals surface area contributed by atoms with Crippen LogP contribution in [-0.4, -0.2) is 47.8 Å². The fraction of sp³-hybridized carbons (Fsp3) is 0.889. The summed E-state index contributed by atoms with van der Waals surface area (Å²) in [6, 6.07) is 0. The molecule has 2 heterocycles.